The van der Waals surface area contributed by atoms with Gasteiger partial charge in [0.15, 0.2) is 0 Å². The van der Waals surface area contributed by atoms with Gasteiger partial charge in [0.25, 0.3) is 0 Å². The van der Waals surface area contributed by atoms with Crippen LogP contribution in [0.1, 0.15) is 66.7 Å². The van der Waals surface area contributed by atoms with Crippen molar-refractivity contribution in [3.05, 3.63) is 0 Å². The van der Waals surface area contributed by atoms with E-state index in [1.807, 2.05) is 0 Å². The summed E-state index contributed by atoms with van der Waals surface area (Å²) in [5.74, 6) is 0. The van der Waals surface area contributed by atoms with Crippen LogP contribution in [0, 0.1) is 5.41 Å². The van der Waals surface area contributed by atoms with E-state index in [1.165, 1.54) is 45.2 Å². The SMILES string of the molecule is CCC1CCCCN1CC(C)(CC)CNC(C)C. The van der Waals surface area contributed by atoms with Gasteiger partial charge in [-0.25, -0.2) is 0 Å². The van der Waals surface area contributed by atoms with E-state index in [4.69, 9.17) is 0 Å². The quantitative estimate of drug-likeness (QED) is 0.746. The summed E-state index contributed by atoms with van der Waals surface area (Å²) in [6.07, 6.45) is 6.82. The molecule has 0 aromatic carbocycles. The highest BCUT2D eigenvalue weighted by Gasteiger charge is 2.29. The second-order valence-electron chi connectivity index (χ2n) is 6.73. The van der Waals surface area contributed by atoms with Gasteiger partial charge in [-0.3, -0.25) is 4.90 Å². The first kappa shape index (κ1) is 16.0. The van der Waals surface area contributed by atoms with Crippen molar-refractivity contribution in [3.63, 3.8) is 0 Å². The van der Waals surface area contributed by atoms with Crippen molar-refractivity contribution in [3.8, 4) is 0 Å². The molecule has 1 rings (SSSR count). The lowest BCUT2D eigenvalue weighted by Gasteiger charge is -2.42. The van der Waals surface area contributed by atoms with Gasteiger partial charge in [0, 0.05) is 25.2 Å². The van der Waals surface area contributed by atoms with Gasteiger partial charge in [-0.15, -0.1) is 0 Å². The van der Waals surface area contributed by atoms with Gasteiger partial charge in [0.05, 0.1) is 0 Å². The molecule has 1 aliphatic heterocycles. The normalized spacial score (nSPS) is 25.3. The Morgan fingerprint density at radius 1 is 1.28 bits per heavy atom. The molecule has 108 valence electrons. The number of nitrogens with zero attached hydrogens (tertiary/aromatic N) is 1. The molecule has 0 aromatic heterocycles. The third kappa shape index (κ3) is 4.89. The minimum Gasteiger partial charge on any atom is -0.314 e. The van der Waals surface area contributed by atoms with Crippen LogP contribution in [0.4, 0.5) is 0 Å². The third-order valence-electron chi connectivity index (χ3n) is 4.60. The lowest BCUT2D eigenvalue weighted by Crippen LogP contribution is -2.48. The van der Waals surface area contributed by atoms with Crippen molar-refractivity contribution >= 4 is 0 Å². The number of likely N-dealkylation sites (tertiary alicyclic amines) is 1. The molecule has 0 spiro atoms. The molecule has 1 aliphatic rings. The molecule has 0 aliphatic carbocycles. The van der Waals surface area contributed by atoms with Crippen LogP contribution in [-0.4, -0.2) is 36.6 Å². The van der Waals surface area contributed by atoms with Gasteiger partial charge in [-0.05, 0) is 37.6 Å². The summed E-state index contributed by atoms with van der Waals surface area (Å²) in [5, 5.41) is 3.63. The van der Waals surface area contributed by atoms with E-state index >= 15 is 0 Å². The minimum atomic E-state index is 0.426. The first-order valence-corrected chi connectivity index (χ1v) is 7.98. The van der Waals surface area contributed by atoms with E-state index < -0.39 is 0 Å². The van der Waals surface area contributed by atoms with Crippen LogP contribution < -0.4 is 5.32 Å². The molecular formula is C16H34N2. The average molecular weight is 254 g/mol. The van der Waals surface area contributed by atoms with Crippen LogP contribution in [-0.2, 0) is 0 Å². The largest absolute Gasteiger partial charge is 0.314 e. The standard InChI is InChI=1S/C16H34N2/c1-6-15-10-8-9-11-18(15)13-16(5,7-2)12-17-14(3)4/h14-15,17H,6-13H2,1-5H3. The van der Waals surface area contributed by atoms with Crippen LogP contribution in [0.3, 0.4) is 0 Å². The zero-order valence-electron chi connectivity index (χ0n) is 13.3. The van der Waals surface area contributed by atoms with Crippen molar-refractivity contribution in [2.24, 2.45) is 5.41 Å². The number of hydrogen-bond donors (Lipinski definition) is 1. The Morgan fingerprint density at radius 3 is 2.56 bits per heavy atom. The second kappa shape index (κ2) is 7.49. The molecule has 0 saturated carbocycles. The van der Waals surface area contributed by atoms with E-state index in [9.17, 15) is 0 Å². The summed E-state index contributed by atoms with van der Waals surface area (Å²) in [7, 11) is 0. The molecule has 0 radical (unpaired) electrons. The predicted molar refractivity (Wildman–Crippen MR) is 81.0 cm³/mol. The highest BCUT2D eigenvalue weighted by Crippen LogP contribution is 2.27. The lowest BCUT2D eigenvalue weighted by molar-refractivity contribution is 0.0816. The molecular weight excluding hydrogens is 220 g/mol. The van der Waals surface area contributed by atoms with Crippen molar-refractivity contribution in [2.75, 3.05) is 19.6 Å². The van der Waals surface area contributed by atoms with Crippen LogP contribution in [0.2, 0.25) is 0 Å². The van der Waals surface area contributed by atoms with Crippen LogP contribution in [0.5, 0.6) is 0 Å². The van der Waals surface area contributed by atoms with Gasteiger partial charge in [0.1, 0.15) is 0 Å². The molecule has 1 fully saturated rings. The minimum absolute atomic E-state index is 0.426. The first-order valence-electron chi connectivity index (χ1n) is 7.98. The topological polar surface area (TPSA) is 15.3 Å². The van der Waals surface area contributed by atoms with Gasteiger partial charge < -0.3 is 5.32 Å². The molecule has 0 aromatic rings. The molecule has 2 heteroatoms. The van der Waals surface area contributed by atoms with Crippen molar-refractivity contribution in [1.82, 2.24) is 10.2 Å². The van der Waals surface area contributed by atoms with Crippen molar-refractivity contribution < 1.29 is 0 Å². The number of hydrogen-bond acceptors (Lipinski definition) is 2. The lowest BCUT2D eigenvalue weighted by atomic mass is 9.85. The average Bonchev–Trinajstić information content (AvgIpc) is 2.37. The third-order valence-corrected chi connectivity index (χ3v) is 4.60. The maximum Gasteiger partial charge on any atom is 0.00928 e. The van der Waals surface area contributed by atoms with E-state index in [2.05, 4.69) is 44.8 Å². The van der Waals surface area contributed by atoms with Gasteiger partial charge >= 0.3 is 0 Å². The second-order valence-corrected chi connectivity index (χ2v) is 6.73. The summed E-state index contributed by atoms with van der Waals surface area (Å²) in [6.45, 7) is 15.3. The Morgan fingerprint density at radius 2 is 2.00 bits per heavy atom. The van der Waals surface area contributed by atoms with Gasteiger partial charge in [-0.2, -0.15) is 0 Å². The molecule has 18 heavy (non-hydrogen) atoms. The molecule has 1 saturated heterocycles. The summed E-state index contributed by atoms with van der Waals surface area (Å²) >= 11 is 0. The molecule has 1 N–H and O–H groups in total. The zero-order chi connectivity index (χ0) is 13.6. The highest BCUT2D eigenvalue weighted by molar-refractivity contribution is 4.85. The number of rotatable bonds is 7. The maximum absolute atomic E-state index is 3.63. The molecule has 2 atom stereocenters. The predicted octanol–water partition coefficient (Wildman–Crippen LogP) is 3.67. The Hall–Kier alpha value is -0.0800. The first-order chi connectivity index (χ1) is 8.50. The fourth-order valence-electron chi connectivity index (χ4n) is 2.96. The molecule has 0 bridgehead atoms. The van der Waals surface area contributed by atoms with E-state index in [0.717, 1.165) is 12.6 Å². The van der Waals surface area contributed by atoms with E-state index in [0.29, 0.717) is 11.5 Å². The van der Waals surface area contributed by atoms with Crippen LogP contribution in [0.15, 0.2) is 0 Å². The monoisotopic (exact) mass is 254 g/mol. The van der Waals surface area contributed by atoms with Gasteiger partial charge in [-0.1, -0.05) is 41.0 Å². The smallest absolute Gasteiger partial charge is 0.00928 e. The number of nitrogens with one attached hydrogen (secondary N) is 1. The Balaban J connectivity index is 2.53. The summed E-state index contributed by atoms with van der Waals surface area (Å²) in [4.78, 5) is 2.76. The molecule has 1 heterocycles. The fourth-order valence-corrected chi connectivity index (χ4v) is 2.96. The maximum atomic E-state index is 3.63. The Labute approximate surface area is 115 Å². The Kier molecular flexibility index (Phi) is 6.65. The molecule has 2 unspecified atom stereocenters. The van der Waals surface area contributed by atoms with E-state index in [1.54, 1.807) is 0 Å². The van der Waals surface area contributed by atoms with Crippen LogP contribution >= 0.6 is 0 Å². The number of piperidine rings is 1. The summed E-state index contributed by atoms with van der Waals surface area (Å²) in [5.41, 5.74) is 0.426. The molecule has 2 nitrogen and oxygen atoms in total. The van der Waals surface area contributed by atoms with Crippen LogP contribution in [0.25, 0.3) is 0 Å². The fraction of sp³-hybridized carbons (Fsp3) is 1.00. The highest BCUT2D eigenvalue weighted by atomic mass is 15.2. The van der Waals surface area contributed by atoms with Crippen molar-refractivity contribution in [2.45, 2.75) is 78.8 Å². The molecule has 0 amide bonds. The van der Waals surface area contributed by atoms with E-state index in [-0.39, 0.29) is 0 Å². The Bertz CT molecular complexity index is 227. The summed E-state index contributed by atoms with van der Waals surface area (Å²) < 4.78 is 0. The summed E-state index contributed by atoms with van der Waals surface area (Å²) in [6, 6.07) is 1.43. The van der Waals surface area contributed by atoms with Gasteiger partial charge in [0.2, 0.25) is 0 Å². The zero-order valence-corrected chi connectivity index (χ0v) is 13.3. The van der Waals surface area contributed by atoms with Crippen molar-refractivity contribution in [1.29, 1.82) is 0 Å².